The smallest absolute Gasteiger partial charge is 0.187 e. The Kier molecular flexibility index (Phi) is 2.95. The van der Waals surface area contributed by atoms with Crippen molar-refractivity contribution in [3.05, 3.63) is 41.2 Å². The molecule has 6 heteroatoms. The highest BCUT2D eigenvalue weighted by Crippen LogP contribution is 2.28. The molecule has 3 N–H and O–H groups in total. The third-order valence-corrected chi connectivity index (χ3v) is 3.87. The minimum absolute atomic E-state index is 0.753. The summed E-state index contributed by atoms with van der Waals surface area (Å²) in [7, 11) is 0. The highest BCUT2D eigenvalue weighted by Gasteiger charge is 2.06. The lowest BCUT2D eigenvalue weighted by molar-refractivity contribution is 1.33. The average molecular weight is 274 g/mol. The number of nitrogen functional groups attached to an aromatic ring is 1. The molecule has 0 bridgehead atoms. The Morgan fingerprint density at radius 1 is 1.11 bits per heavy atom. The van der Waals surface area contributed by atoms with Crippen LogP contribution in [-0.4, -0.2) is 9.97 Å². The average Bonchev–Trinajstić information content (AvgIpc) is 3.02. The first kappa shape index (κ1) is 11.2. The lowest BCUT2D eigenvalue weighted by Crippen LogP contribution is -1.90. The number of benzene rings is 1. The van der Waals surface area contributed by atoms with Gasteiger partial charge in [0.25, 0.3) is 0 Å². The Morgan fingerprint density at radius 2 is 1.94 bits per heavy atom. The second-order valence-corrected chi connectivity index (χ2v) is 5.37. The van der Waals surface area contributed by atoms with Crippen LogP contribution >= 0.6 is 22.7 Å². The summed E-state index contributed by atoms with van der Waals surface area (Å²) >= 11 is 3.15. The van der Waals surface area contributed by atoms with E-state index in [2.05, 4.69) is 15.3 Å². The van der Waals surface area contributed by atoms with E-state index in [0.717, 1.165) is 27.2 Å². The van der Waals surface area contributed by atoms with Crippen LogP contribution in [0.1, 0.15) is 0 Å². The van der Waals surface area contributed by atoms with Gasteiger partial charge in [-0.25, -0.2) is 9.97 Å². The topological polar surface area (TPSA) is 63.8 Å². The second kappa shape index (κ2) is 4.75. The van der Waals surface area contributed by atoms with Gasteiger partial charge in [0.15, 0.2) is 5.13 Å². The summed E-state index contributed by atoms with van der Waals surface area (Å²) in [5.41, 5.74) is 8.28. The molecule has 0 radical (unpaired) electrons. The maximum atomic E-state index is 5.64. The van der Waals surface area contributed by atoms with Crippen molar-refractivity contribution in [1.29, 1.82) is 0 Å². The number of hydrogen-bond donors (Lipinski definition) is 2. The summed E-state index contributed by atoms with van der Waals surface area (Å²) in [6.07, 6.45) is 1.78. The fourth-order valence-electron chi connectivity index (χ4n) is 1.47. The molecule has 0 atom stereocenters. The Bertz CT molecular complexity index is 628. The van der Waals surface area contributed by atoms with Gasteiger partial charge >= 0.3 is 0 Å². The summed E-state index contributed by atoms with van der Waals surface area (Å²) in [5.74, 6) is 0. The fraction of sp³-hybridized carbons (Fsp3) is 0. The highest BCUT2D eigenvalue weighted by atomic mass is 32.1. The first-order valence-corrected chi connectivity index (χ1v) is 7.05. The molecule has 0 unspecified atom stereocenters. The molecule has 3 aromatic rings. The van der Waals surface area contributed by atoms with Gasteiger partial charge in [-0.2, -0.15) is 0 Å². The standard InChI is InChI=1S/C12H10N4S2/c13-8-1-3-9(4-2-8)15-12-16-10(7-18-12)11-14-5-6-17-11/h1-7H,13H2,(H,15,16). The van der Waals surface area contributed by atoms with Crippen LogP contribution in [0, 0.1) is 0 Å². The van der Waals surface area contributed by atoms with Crippen LogP contribution in [0.4, 0.5) is 16.5 Å². The molecule has 2 aromatic heterocycles. The summed E-state index contributed by atoms with van der Waals surface area (Å²) in [6.45, 7) is 0. The third kappa shape index (κ3) is 2.34. The number of thiazole rings is 2. The van der Waals surface area contributed by atoms with Gasteiger partial charge in [-0.3, -0.25) is 0 Å². The summed E-state index contributed by atoms with van der Waals surface area (Å²) in [4.78, 5) is 8.73. The van der Waals surface area contributed by atoms with E-state index in [1.807, 2.05) is 35.0 Å². The second-order valence-electron chi connectivity index (χ2n) is 3.62. The molecule has 18 heavy (non-hydrogen) atoms. The quantitative estimate of drug-likeness (QED) is 0.716. The predicted octanol–water partition coefficient (Wildman–Crippen LogP) is 3.59. The van der Waals surface area contributed by atoms with Crippen LogP contribution in [0.5, 0.6) is 0 Å². The summed E-state index contributed by atoms with van der Waals surface area (Å²) < 4.78 is 0. The lowest BCUT2D eigenvalue weighted by atomic mass is 10.3. The Hall–Kier alpha value is -1.92. The van der Waals surface area contributed by atoms with Crippen LogP contribution in [0.2, 0.25) is 0 Å². The molecule has 0 fully saturated rings. The molecule has 3 rings (SSSR count). The van der Waals surface area contributed by atoms with Crippen molar-refractivity contribution in [1.82, 2.24) is 9.97 Å². The van der Waals surface area contributed by atoms with Crippen LogP contribution in [0.3, 0.4) is 0 Å². The SMILES string of the molecule is Nc1ccc(Nc2nc(-c3nccs3)cs2)cc1. The van der Waals surface area contributed by atoms with Gasteiger partial charge in [-0.1, -0.05) is 0 Å². The minimum Gasteiger partial charge on any atom is -0.399 e. The molecule has 4 nitrogen and oxygen atoms in total. The van der Waals surface area contributed by atoms with E-state index in [4.69, 9.17) is 5.73 Å². The van der Waals surface area contributed by atoms with Gasteiger partial charge in [0.1, 0.15) is 10.7 Å². The molecule has 0 aliphatic heterocycles. The van der Waals surface area contributed by atoms with E-state index in [-0.39, 0.29) is 0 Å². The number of nitrogens with two attached hydrogens (primary N) is 1. The van der Waals surface area contributed by atoms with E-state index in [1.165, 1.54) is 0 Å². The molecule has 0 aliphatic carbocycles. The van der Waals surface area contributed by atoms with Gasteiger partial charge in [-0.05, 0) is 24.3 Å². The molecule has 0 saturated heterocycles. The number of anilines is 3. The first-order valence-electron chi connectivity index (χ1n) is 5.29. The van der Waals surface area contributed by atoms with Crippen molar-refractivity contribution in [3.63, 3.8) is 0 Å². The fourth-order valence-corrected chi connectivity index (χ4v) is 2.86. The van der Waals surface area contributed by atoms with Gasteiger partial charge < -0.3 is 11.1 Å². The number of nitrogens with one attached hydrogen (secondary N) is 1. The molecule has 0 saturated carbocycles. The molecule has 0 aliphatic rings. The number of rotatable bonds is 3. The number of aromatic nitrogens is 2. The van der Waals surface area contributed by atoms with Crippen molar-refractivity contribution >= 4 is 39.2 Å². The molecule has 0 spiro atoms. The normalized spacial score (nSPS) is 10.4. The van der Waals surface area contributed by atoms with Crippen molar-refractivity contribution in [2.75, 3.05) is 11.1 Å². The maximum Gasteiger partial charge on any atom is 0.187 e. The number of nitrogens with zero attached hydrogens (tertiary/aromatic N) is 2. The van der Waals surface area contributed by atoms with Crippen molar-refractivity contribution in [2.24, 2.45) is 0 Å². The zero-order valence-corrected chi connectivity index (χ0v) is 11.0. The monoisotopic (exact) mass is 274 g/mol. The van der Waals surface area contributed by atoms with Crippen LogP contribution in [-0.2, 0) is 0 Å². The van der Waals surface area contributed by atoms with E-state index in [0.29, 0.717) is 0 Å². The Labute approximate surface area is 112 Å². The molecular weight excluding hydrogens is 264 g/mol. The molecule has 0 amide bonds. The van der Waals surface area contributed by atoms with Crippen LogP contribution < -0.4 is 11.1 Å². The van der Waals surface area contributed by atoms with Crippen LogP contribution in [0.15, 0.2) is 41.2 Å². The summed E-state index contributed by atoms with van der Waals surface area (Å²) in [5, 5.41) is 8.98. The highest BCUT2D eigenvalue weighted by molar-refractivity contribution is 7.15. The third-order valence-electron chi connectivity index (χ3n) is 2.32. The van der Waals surface area contributed by atoms with Gasteiger partial charge in [0.2, 0.25) is 0 Å². The lowest BCUT2D eigenvalue weighted by Gasteiger charge is -2.01. The van der Waals surface area contributed by atoms with Gasteiger partial charge in [0, 0.05) is 28.3 Å². The van der Waals surface area contributed by atoms with Crippen LogP contribution in [0.25, 0.3) is 10.7 Å². The van der Waals surface area contributed by atoms with Gasteiger partial charge in [-0.15, -0.1) is 22.7 Å². The van der Waals surface area contributed by atoms with E-state index >= 15 is 0 Å². The zero-order chi connectivity index (χ0) is 12.4. The molecule has 2 heterocycles. The van der Waals surface area contributed by atoms with Crippen molar-refractivity contribution in [3.8, 4) is 10.7 Å². The molecule has 90 valence electrons. The van der Waals surface area contributed by atoms with Crippen molar-refractivity contribution < 1.29 is 0 Å². The Balaban J connectivity index is 1.80. The zero-order valence-electron chi connectivity index (χ0n) is 9.33. The first-order chi connectivity index (χ1) is 8.81. The minimum atomic E-state index is 0.753. The molecular formula is C12H10N4S2. The largest absolute Gasteiger partial charge is 0.399 e. The molecule has 1 aromatic carbocycles. The Morgan fingerprint density at radius 3 is 2.67 bits per heavy atom. The summed E-state index contributed by atoms with van der Waals surface area (Å²) in [6, 6.07) is 7.58. The maximum absolute atomic E-state index is 5.64. The van der Waals surface area contributed by atoms with E-state index < -0.39 is 0 Å². The van der Waals surface area contributed by atoms with Crippen molar-refractivity contribution in [2.45, 2.75) is 0 Å². The number of hydrogen-bond acceptors (Lipinski definition) is 6. The van der Waals surface area contributed by atoms with Gasteiger partial charge in [0.05, 0.1) is 0 Å². The predicted molar refractivity (Wildman–Crippen MR) is 77.4 cm³/mol. The van der Waals surface area contributed by atoms with E-state index in [1.54, 1.807) is 28.9 Å². The van der Waals surface area contributed by atoms with E-state index in [9.17, 15) is 0 Å².